The quantitative estimate of drug-likeness (QED) is 0.692. The Kier molecular flexibility index (Phi) is 7.76. The van der Waals surface area contributed by atoms with Gasteiger partial charge in [0, 0.05) is 6.42 Å². The van der Waals surface area contributed by atoms with Gasteiger partial charge in [0.15, 0.2) is 0 Å². The second-order valence-electron chi connectivity index (χ2n) is 6.14. The van der Waals surface area contributed by atoms with Gasteiger partial charge in [-0.05, 0) is 36.1 Å². The van der Waals surface area contributed by atoms with Crippen molar-refractivity contribution in [3.8, 4) is 11.5 Å². The Labute approximate surface area is 150 Å². The van der Waals surface area contributed by atoms with Gasteiger partial charge >= 0.3 is 0 Å². The van der Waals surface area contributed by atoms with Gasteiger partial charge in [-0.1, -0.05) is 50.2 Å². The monoisotopic (exact) mass is 344 g/mol. The highest BCUT2D eigenvalue weighted by molar-refractivity contribution is 5.42. The Morgan fingerprint density at radius 3 is 1.52 bits per heavy atom. The van der Waals surface area contributed by atoms with Crippen LogP contribution in [-0.2, 0) is 6.42 Å². The summed E-state index contributed by atoms with van der Waals surface area (Å²) in [5.74, 6) is 1.55. The van der Waals surface area contributed by atoms with Crippen molar-refractivity contribution in [2.75, 3.05) is 13.2 Å². The van der Waals surface area contributed by atoms with Gasteiger partial charge in [-0.15, -0.1) is 0 Å². The summed E-state index contributed by atoms with van der Waals surface area (Å²) in [7, 11) is 0. The summed E-state index contributed by atoms with van der Waals surface area (Å²) < 4.78 is 11.6. The molecule has 0 aromatic heterocycles. The maximum absolute atomic E-state index is 9.72. The van der Waals surface area contributed by atoms with E-state index < -0.39 is 12.2 Å². The van der Waals surface area contributed by atoms with Crippen LogP contribution in [0.3, 0.4) is 0 Å². The van der Waals surface area contributed by atoms with Crippen molar-refractivity contribution in [1.29, 1.82) is 0 Å². The molecule has 4 heteroatoms. The molecule has 0 fully saturated rings. The minimum atomic E-state index is -0.459. The van der Waals surface area contributed by atoms with E-state index in [1.807, 2.05) is 62.4 Å². The second-order valence-corrected chi connectivity index (χ2v) is 6.14. The average Bonchev–Trinajstić information content (AvgIpc) is 2.66. The standard InChI is InChI=1S/C21H28O4/c1-3-18(22)14-24-20-11-7-5-9-16(20)13-17-10-6-8-12-21(17)25-15-19(23)4-2/h5-12,18-19,22-23H,3-4,13-15H2,1-2H3. The molecule has 2 aromatic carbocycles. The SMILES string of the molecule is CCC(O)COc1ccccc1Cc1ccccc1OCC(O)CC. The van der Waals surface area contributed by atoms with E-state index in [1.165, 1.54) is 0 Å². The molecular weight excluding hydrogens is 316 g/mol. The van der Waals surface area contributed by atoms with Crippen molar-refractivity contribution in [3.05, 3.63) is 59.7 Å². The van der Waals surface area contributed by atoms with Crippen molar-refractivity contribution in [3.63, 3.8) is 0 Å². The average molecular weight is 344 g/mol. The van der Waals surface area contributed by atoms with E-state index in [2.05, 4.69) is 0 Å². The van der Waals surface area contributed by atoms with Crippen LogP contribution in [-0.4, -0.2) is 35.6 Å². The molecule has 0 saturated carbocycles. The molecule has 0 aliphatic carbocycles. The molecule has 4 nitrogen and oxygen atoms in total. The predicted octanol–water partition coefficient (Wildman–Crippen LogP) is 3.58. The summed E-state index contributed by atoms with van der Waals surface area (Å²) in [5.41, 5.74) is 2.08. The molecule has 0 radical (unpaired) electrons. The highest BCUT2D eigenvalue weighted by Crippen LogP contribution is 2.27. The maximum Gasteiger partial charge on any atom is 0.122 e. The summed E-state index contributed by atoms with van der Waals surface area (Å²) in [5, 5.41) is 19.4. The van der Waals surface area contributed by atoms with Crippen LogP contribution in [0.15, 0.2) is 48.5 Å². The lowest BCUT2D eigenvalue weighted by molar-refractivity contribution is 0.103. The molecule has 0 aliphatic heterocycles. The van der Waals surface area contributed by atoms with Gasteiger partial charge in [-0.3, -0.25) is 0 Å². The molecule has 2 N–H and O–H groups in total. The number of hydrogen-bond donors (Lipinski definition) is 2. The third kappa shape index (κ3) is 6.07. The lowest BCUT2D eigenvalue weighted by Crippen LogP contribution is -2.17. The molecule has 0 aliphatic rings. The van der Waals surface area contributed by atoms with E-state index in [1.54, 1.807) is 0 Å². The molecular formula is C21H28O4. The highest BCUT2D eigenvalue weighted by Gasteiger charge is 2.11. The first-order valence-electron chi connectivity index (χ1n) is 8.91. The lowest BCUT2D eigenvalue weighted by Gasteiger charge is -2.16. The maximum atomic E-state index is 9.72. The zero-order valence-corrected chi connectivity index (χ0v) is 15.0. The Morgan fingerprint density at radius 2 is 1.12 bits per heavy atom. The summed E-state index contributed by atoms with van der Waals surface area (Å²) in [6, 6.07) is 15.7. The van der Waals surface area contributed by atoms with E-state index in [-0.39, 0.29) is 13.2 Å². The second kappa shape index (κ2) is 10.1. The minimum Gasteiger partial charge on any atom is -0.491 e. The summed E-state index contributed by atoms with van der Waals surface area (Å²) >= 11 is 0. The molecule has 0 heterocycles. The zero-order chi connectivity index (χ0) is 18.1. The number of para-hydroxylation sites is 2. The first-order chi connectivity index (χ1) is 12.1. The van der Waals surface area contributed by atoms with Crippen molar-refractivity contribution < 1.29 is 19.7 Å². The largest absolute Gasteiger partial charge is 0.491 e. The fourth-order valence-electron chi connectivity index (χ4n) is 2.39. The molecule has 0 spiro atoms. The summed E-state index contributed by atoms with van der Waals surface area (Å²) in [6.07, 6.45) is 1.08. The van der Waals surface area contributed by atoms with Gasteiger partial charge in [0.2, 0.25) is 0 Å². The van der Waals surface area contributed by atoms with E-state index in [0.29, 0.717) is 19.3 Å². The number of aliphatic hydroxyl groups is 2. The van der Waals surface area contributed by atoms with Gasteiger partial charge in [-0.25, -0.2) is 0 Å². The van der Waals surface area contributed by atoms with E-state index in [4.69, 9.17) is 9.47 Å². The Bertz CT molecular complexity index is 586. The van der Waals surface area contributed by atoms with Crippen LogP contribution in [0.25, 0.3) is 0 Å². The molecule has 0 amide bonds. The van der Waals surface area contributed by atoms with Crippen LogP contribution >= 0.6 is 0 Å². The van der Waals surface area contributed by atoms with Crippen LogP contribution in [0.1, 0.15) is 37.8 Å². The third-order valence-corrected chi connectivity index (χ3v) is 4.13. The van der Waals surface area contributed by atoms with Crippen molar-refractivity contribution in [1.82, 2.24) is 0 Å². The van der Waals surface area contributed by atoms with Crippen molar-refractivity contribution >= 4 is 0 Å². The van der Waals surface area contributed by atoms with Crippen LogP contribution in [0, 0.1) is 0 Å². The van der Waals surface area contributed by atoms with Crippen molar-refractivity contribution in [2.45, 2.75) is 45.3 Å². The normalized spacial score (nSPS) is 13.3. The molecule has 2 atom stereocenters. The van der Waals surface area contributed by atoms with Gasteiger partial charge in [-0.2, -0.15) is 0 Å². The lowest BCUT2D eigenvalue weighted by atomic mass is 10.0. The molecule has 2 rings (SSSR count). The van der Waals surface area contributed by atoms with Crippen molar-refractivity contribution in [2.24, 2.45) is 0 Å². The van der Waals surface area contributed by atoms with E-state index in [0.717, 1.165) is 22.6 Å². The fourth-order valence-corrected chi connectivity index (χ4v) is 2.39. The number of ether oxygens (including phenoxy) is 2. The molecule has 0 saturated heterocycles. The topological polar surface area (TPSA) is 58.9 Å². The number of hydrogen-bond acceptors (Lipinski definition) is 4. The molecule has 2 unspecified atom stereocenters. The van der Waals surface area contributed by atoms with Crippen LogP contribution in [0.5, 0.6) is 11.5 Å². The molecule has 2 aromatic rings. The summed E-state index contributed by atoms with van der Waals surface area (Å²) in [6.45, 7) is 4.43. The van der Waals surface area contributed by atoms with Gasteiger partial charge in [0.25, 0.3) is 0 Å². The van der Waals surface area contributed by atoms with Crippen LogP contribution < -0.4 is 9.47 Å². The third-order valence-electron chi connectivity index (χ3n) is 4.13. The van der Waals surface area contributed by atoms with Crippen LogP contribution in [0.4, 0.5) is 0 Å². The first-order valence-corrected chi connectivity index (χ1v) is 8.91. The molecule has 0 bridgehead atoms. The Balaban J connectivity index is 2.11. The number of benzene rings is 2. The van der Waals surface area contributed by atoms with Gasteiger partial charge in [0.05, 0.1) is 12.2 Å². The highest BCUT2D eigenvalue weighted by atomic mass is 16.5. The zero-order valence-electron chi connectivity index (χ0n) is 15.0. The predicted molar refractivity (Wildman–Crippen MR) is 99.3 cm³/mol. The number of rotatable bonds is 10. The smallest absolute Gasteiger partial charge is 0.122 e. The molecule has 25 heavy (non-hydrogen) atoms. The fraction of sp³-hybridized carbons (Fsp3) is 0.429. The minimum absolute atomic E-state index is 0.286. The number of aliphatic hydroxyl groups excluding tert-OH is 2. The van der Waals surface area contributed by atoms with Crippen LogP contribution in [0.2, 0.25) is 0 Å². The van der Waals surface area contributed by atoms with Gasteiger partial charge in [0.1, 0.15) is 24.7 Å². The Morgan fingerprint density at radius 1 is 0.720 bits per heavy atom. The summed E-state index contributed by atoms with van der Waals surface area (Å²) in [4.78, 5) is 0. The van der Waals surface area contributed by atoms with Gasteiger partial charge < -0.3 is 19.7 Å². The Hall–Kier alpha value is -2.04. The van der Waals surface area contributed by atoms with E-state index in [9.17, 15) is 10.2 Å². The first kappa shape index (κ1) is 19.3. The van der Waals surface area contributed by atoms with E-state index >= 15 is 0 Å². The molecule has 136 valence electrons.